The lowest BCUT2D eigenvalue weighted by atomic mass is 9.62. The van der Waals surface area contributed by atoms with Crippen LogP contribution in [0.5, 0.6) is 0 Å². The van der Waals surface area contributed by atoms with Crippen LogP contribution in [0.4, 0.5) is 0 Å². The average molecular weight is 740 g/mol. The van der Waals surface area contributed by atoms with Gasteiger partial charge in [-0.2, -0.15) is 5.06 Å². The van der Waals surface area contributed by atoms with E-state index in [0.29, 0.717) is 0 Å². The van der Waals surface area contributed by atoms with Crippen LogP contribution in [-0.2, 0) is 45.8 Å². The van der Waals surface area contributed by atoms with Crippen molar-refractivity contribution in [3.63, 3.8) is 0 Å². The number of aliphatic hydroxyl groups excluding tert-OH is 1. The molecule has 0 radical (unpaired) electrons. The van der Waals surface area contributed by atoms with Gasteiger partial charge in [0, 0.05) is 40.6 Å². The second-order valence-corrected chi connectivity index (χ2v) is 13.1. The van der Waals surface area contributed by atoms with Crippen molar-refractivity contribution >= 4 is 40.4 Å². The number of aliphatic hydroxyl groups is 1. The summed E-state index contributed by atoms with van der Waals surface area (Å²) >= 11 is 2.24. The molecule has 7 rings (SSSR count). The molecule has 3 saturated heterocycles. The van der Waals surface area contributed by atoms with Crippen molar-refractivity contribution in [2.75, 3.05) is 19.7 Å². The highest BCUT2D eigenvalue weighted by molar-refractivity contribution is 14.1. The average Bonchev–Trinajstić information content (AvgIpc) is 3.65. The third-order valence-electron chi connectivity index (χ3n) is 9.24. The lowest BCUT2D eigenvalue weighted by Gasteiger charge is -2.48. The Morgan fingerprint density at radius 2 is 1.54 bits per heavy atom. The van der Waals surface area contributed by atoms with Gasteiger partial charge in [-0.1, -0.05) is 78.9 Å². The molecule has 2 bridgehead atoms. The monoisotopic (exact) mass is 739 g/mol. The summed E-state index contributed by atoms with van der Waals surface area (Å²) in [7, 11) is 0. The molecule has 4 aliphatic rings. The molecule has 0 aromatic heterocycles. The number of carbonyl (C=O) groups excluding carboxylic acids is 3. The molecule has 1 aliphatic carbocycles. The summed E-state index contributed by atoms with van der Waals surface area (Å²) in [6.45, 7) is 0.219. The number of esters is 1. The smallest absolute Gasteiger partial charge is 0.327 e. The van der Waals surface area contributed by atoms with Gasteiger partial charge in [0.1, 0.15) is 29.8 Å². The molecule has 1 saturated carbocycles. The number of nitrogens with one attached hydrogen (secondary N) is 2. The third kappa shape index (κ3) is 5.20. The molecule has 11 nitrogen and oxygen atoms in total. The Balaban J connectivity index is 1.27. The van der Waals surface area contributed by atoms with E-state index in [1.54, 1.807) is 5.06 Å². The number of hydrogen-bond donors (Lipinski definition) is 3. The summed E-state index contributed by atoms with van der Waals surface area (Å²) in [6, 6.07) is 25.9. The van der Waals surface area contributed by atoms with E-state index in [1.165, 1.54) is 0 Å². The maximum atomic E-state index is 14.4. The van der Waals surface area contributed by atoms with Gasteiger partial charge in [-0.3, -0.25) is 19.2 Å². The quantitative estimate of drug-likeness (QED) is 0.212. The van der Waals surface area contributed by atoms with Gasteiger partial charge >= 0.3 is 5.97 Å². The second kappa shape index (κ2) is 12.7. The Labute approximate surface area is 279 Å². The van der Waals surface area contributed by atoms with Crippen LogP contribution < -0.4 is 10.6 Å². The largest absolute Gasteiger partial charge is 0.458 e. The highest BCUT2D eigenvalue weighted by Crippen LogP contribution is 2.59. The molecular weight excluding hydrogens is 705 g/mol. The van der Waals surface area contributed by atoms with Gasteiger partial charge < -0.3 is 30.0 Å². The zero-order valence-corrected chi connectivity index (χ0v) is 27.0. The number of amides is 2. The first-order chi connectivity index (χ1) is 22.4. The van der Waals surface area contributed by atoms with Crippen LogP contribution in [0, 0.1) is 8.99 Å². The van der Waals surface area contributed by atoms with E-state index in [1.807, 2.05) is 84.9 Å². The molecule has 6 unspecified atom stereocenters. The molecular formula is C34H34IN3O8. The normalized spacial score (nSPS) is 29.1. The second-order valence-electron chi connectivity index (χ2n) is 11.9. The minimum absolute atomic E-state index is 0.00853. The zero-order chi connectivity index (χ0) is 31.9. The highest BCUT2D eigenvalue weighted by Gasteiger charge is 2.76. The van der Waals surface area contributed by atoms with Gasteiger partial charge in [0.2, 0.25) is 17.6 Å². The molecule has 2 amide bonds. The number of carbonyl (C=O) groups is 3. The number of halogens is 1. The van der Waals surface area contributed by atoms with Crippen molar-refractivity contribution < 1.29 is 38.5 Å². The van der Waals surface area contributed by atoms with Gasteiger partial charge in [0.15, 0.2) is 6.04 Å². The number of hydrogen-bond acceptors (Lipinski definition) is 9. The summed E-state index contributed by atoms with van der Waals surface area (Å²) < 4.78 is 20.9. The minimum Gasteiger partial charge on any atom is -0.458 e. The first-order valence-electron chi connectivity index (χ1n) is 15.4. The Kier molecular flexibility index (Phi) is 8.59. The van der Waals surface area contributed by atoms with Gasteiger partial charge in [-0.25, -0.2) is 0 Å². The summed E-state index contributed by atoms with van der Waals surface area (Å²) in [5, 5.41) is 16.1. The highest BCUT2D eigenvalue weighted by atomic mass is 127. The summed E-state index contributed by atoms with van der Waals surface area (Å²) in [5.74, 6) is -2.63. The number of rotatable bonds is 10. The fraction of sp³-hybridized carbons (Fsp3) is 0.382. The van der Waals surface area contributed by atoms with Crippen molar-refractivity contribution in [2.24, 2.45) is 5.41 Å². The molecule has 3 N–H and O–H groups in total. The SMILES string of the molecule is O=C(CCNC(=O)C12CC3OC(=O)C1N(Cc1ccccc1I)OC2C1OC(c2ccccc2)(c2ccccc2)OC31)NCCO. The zero-order valence-electron chi connectivity index (χ0n) is 24.8. The minimum atomic E-state index is -1.38. The van der Waals surface area contributed by atoms with Crippen LogP contribution in [0.1, 0.15) is 29.5 Å². The molecule has 3 aliphatic heterocycles. The number of fused-ring (bicyclic) bond motifs is 4. The lowest BCUT2D eigenvalue weighted by molar-refractivity contribution is -0.213. The van der Waals surface area contributed by atoms with Crippen LogP contribution in [0.15, 0.2) is 84.9 Å². The van der Waals surface area contributed by atoms with Crippen LogP contribution >= 0.6 is 22.6 Å². The van der Waals surface area contributed by atoms with Crippen molar-refractivity contribution in [3.05, 3.63) is 105 Å². The predicted octanol–water partition coefficient (Wildman–Crippen LogP) is 2.39. The van der Waals surface area contributed by atoms with Crippen LogP contribution in [0.3, 0.4) is 0 Å². The maximum absolute atomic E-state index is 14.4. The third-order valence-corrected chi connectivity index (χ3v) is 10.3. The van der Waals surface area contributed by atoms with E-state index in [2.05, 4.69) is 33.2 Å². The molecule has 3 aromatic carbocycles. The van der Waals surface area contributed by atoms with Crippen molar-refractivity contribution in [3.8, 4) is 0 Å². The van der Waals surface area contributed by atoms with E-state index in [-0.39, 0.29) is 45.0 Å². The molecule has 3 heterocycles. The van der Waals surface area contributed by atoms with Crippen molar-refractivity contribution in [1.29, 1.82) is 0 Å². The molecule has 3 aromatic rings. The van der Waals surface area contributed by atoms with E-state index >= 15 is 0 Å². The van der Waals surface area contributed by atoms with Crippen LogP contribution in [-0.4, -0.2) is 78.1 Å². The molecule has 46 heavy (non-hydrogen) atoms. The van der Waals surface area contributed by atoms with E-state index in [4.69, 9.17) is 24.2 Å². The van der Waals surface area contributed by atoms with Gasteiger partial charge in [-0.15, -0.1) is 0 Å². The molecule has 4 fully saturated rings. The molecule has 6 atom stereocenters. The standard InChI is InChI=1S/C34H34IN3O8/c35-24-14-8-7-9-21(24)20-38-29-31(41)43-25-19-33(29,32(42)37-16-15-26(40)36-17-18-39)30(46-38)28-27(25)44-34(45-28,22-10-3-1-4-11-22)23-12-5-2-6-13-23/h1-14,25,27-30,39H,15-20H2,(H,36,40)(H,37,42). The first kappa shape index (κ1) is 31.2. The van der Waals surface area contributed by atoms with E-state index in [9.17, 15) is 14.4 Å². The van der Waals surface area contributed by atoms with Crippen molar-refractivity contribution in [1.82, 2.24) is 15.7 Å². The number of ether oxygens (including phenoxy) is 3. The van der Waals surface area contributed by atoms with Crippen molar-refractivity contribution in [2.45, 2.75) is 55.6 Å². The predicted molar refractivity (Wildman–Crippen MR) is 171 cm³/mol. The lowest BCUT2D eigenvalue weighted by Crippen LogP contribution is -2.69. The number of hydroxylamine groups is 2. The summed E-state index contributed by atoms with van der Waals surface area (Å²) in [4.78, 5) is 47.2. The first-order valence-corrected chi connectivity index (χ1v) is 16.4. The molecule has 240 valence electrons. The van der Waals surface area contributed by atoms with E-state index < -0.39 is 53.5 Å². The molecule has 0 spiro atoms. The number of benzene rings is 3. The van der Waals surface area contributed by atoms with Gasteiger partial charge in [0.05, 0.1) is 13.2 Å². The van der Waals surface area contributed by atoms with Gasteiger partial charge in [-0.05, 0) is 34.2 Å². The Hall–Kier alpha value is -3.40. The maximum Gasteiger partial charge on any atom is 0.327 e. The van der Waals surface area contributed by atoms with Crippen LogP contribution in [0.25, 0.3) is 0 Å². The summed E-state index contributed by atoms with van der Waals surface area (Å²) in [5.41, 5.74) is 1.06. The number of nitrogens with zero attached hydrogens (tertiary/aromatic N) is 1. The fourth-order valence-corrected chi connectivity index (χ4v) is 7.78. The fourth-order valence-electron chi connectivity index (χ4n) is 7.22. The molecule has 12 heteroatoms. The Morgan fingerprint density at radius 1 is 0.891 bits per heavy atom. The Bertz CT molecular complexity index is 1570. The van der Waals surface area contributed by atoms with E-state index in [0.717, 1.165) is 20.3 Å². The van der Waals surface area contributed by atoms with Gasteiger partial charge in [0.25, 0.3) is 0 Å². The Morgan fingerprint density at radius 3 is 2.22 bits per heavy atom. The van der Waals surface area contributed by atoms with Crippen LogP contribution in [0.2, 0.25) is 0 Å². The summed E-state index contributed by atoms with van der Waals surface area (Å²) in [6.07, 6.45) is -3.02. The topological polar surface area (TPSA) is 136 Å².